The van der Waals surface area contributed by atoms with Crippen LogP contribution >= 0.6 is 21.6 Å². The van der Waals surface area contributed by atoms with Gasteiger partial charge in [-0.15, -0.1) is 0 Å². The summed E-state index contributed by atoms with van der Waals surface area (Å²) in [5, 5.41) is 0.780. The number of piperazine rings is 1. The molecule has 2 saturated heterocycles. The summed E-state index contributed by atoms with van der Waals surface area (Å²) in [4.78, 5) is 29.0. The SMILES string of the molecule is O=C(CCCC[C@H]1CCSS1)N1CCN(C(=O)[C@H]2COc3ccccc3O2)CC1. The molecule has 8 heteroatoms. The van der Waals surface area contributed by atoms with Gasteiger partial charge in [0.05, 0.1) is 0 Å². The van der Waals surface area contributed by atoms with E-state index in [0.29, 0.717) is 44.1 Å². The highest BCUT2D eigenvalue weighted by Crippen LogP contribution is 2.40. The Kier molecular flexibility index (Phi) is 7.13. The lowest BCUT2D eigenvalue weighted by Crippen LogP contribution is -2.55. The molecule has 29 heavy (non-hydrogen) atoms. The molecule has 0 N–H and O–H groups in total. The molecular weight excluding hydrogens is 408 g/mol. The van der Waals surface area contributed by atoms with E-state index in [1.165, 1.54) is 18.6 Å². The van der Waals surface area contributed by atoms with Crippen molar-refractivity contribution in [1.82, 2.24) is 9.80 Å². The van der Waals surface area contributed by atoms with Crippen LogP contribution in [-0.2, 0) is 9.59 Å². The van der Waals surface area contributed by atoms with Crippen molar-refractivity contribution >= 4 is 33.4 Å². The number of nitrogens with zero attached hydrogens (tertiary/aromatic N) is 2. The zero-order chi connectivity index (χ0) is 20.1. The lowest BCUT2D eigenvalue weighted by molar-refractivity contribution is -0.146. The van der Waals surface area contributed by atoms with E-state index < -0.39 is 6.10 Å². The Hall–Kier alpha value is -1.54. The average Bonchev–Trinajstić information content (AvgIpc) is 3.29. The maximum absolute atomic E-state index is 12.8. The molecule has 0 aliphatic carbocycles. The van der Waals surface area contributed by atoms with Gasteiger partial charge in [-0.25, -0.2) is 0 Å². The minimum absolute atomic E-state index is 0.0569. The molecule has 1 aromatic rings. The first-order valence-corrected chi connectivity index (χ1v) is 12.8. The highest BCUT2D eigenvalue weighted by atomic mass is 33.1. The zero-order valence-electron chi connectivity index (χ0n) is 16.6. The van der Waals surface area contributed by atoms with Gasteiger partial charge in [-0.2, -0.15) is 0 Å². The van der Waals surface area contributed by atoms with Gasteiger partial charge in [-0.3, -0.25) is 9.59 Å². The number of fused-ring (bicyclic) bond motifs is 1. The minimum atomic E-state index is -0.612. The van der Waals surface area contributed by atoms with Crippen LogP contribution in [0.25, 0.3) is 0 Å². The predicted molar refractivity (Wildman–Crippen MR) is 116 cm³/mol. The maximum atomic E-state index is 12.8. The molecule has 0 saturated carbocycles. The first-order chi connectivity index (χ1) is 14.2. The van der Waals surface area contributed by atoms with Gasteiger partial charge in [0.1, 0.15) is 6.61 Å². The van der Waals surface area contributed by atoms with Crippen molar-refractivity contribution in [3.8, 4) is 11.5 Å². The van der Waals surface area contributed by atoms with Gasteiger partial charge in [0.2, 0.25) is 12.0 Å². The molecule has 3 aliphatic heterocycles. The fraction of sp³-hybridized carbons (Fsp3) is 0.619. The fourth-order valence-corrected chi connectivity index (χ4v) is 6.92. The van der Waals surface area contributed by atoms with E-state index in [-0.39, 0.29) is 18.4 Å². The summed E-state index contributed by atoms with van der Waals surface area (Å²) in [5.74, 6) is 2.72. The molecule has 2 amide bonds. The van der Waals surface area contributed by atoms with Gasteiger partial charge >= 0.3 is 0 Å². The number of amides is 2. The van der Waals surface area contributed by atoms with E-state index in [2.05, 4.69) is 0 Å². The summed E-state index contributed by atoms with van der Waals surface area (Å²) in [5.41, 5.74) is 0. The smallest absolute Gasteiger partial charge is 0.267 e. The van der Waals surface area contributed by atoms with Crippen LogP contribution in [0.2, 0.25) is 0 Å². The number of hydrogen-bond donors (Lipinski definition) is 0. The summed E-state index contributed by atoms with van der Waals surface area (Å²) < 4.78 is 11.5. The van der Waals surface area contributed by atoms with Crippen molar-refractivity contribution < 1.29 is 19.1 Å². The summed E-state index contributed by atoms with van der Waals surface area (Å²) in [7, 11) is 3.98. The molecule has 0 aromatic heterocycles. The van der Waals surface area contributed by atoms with Crippen molar-refractivity contribution in [1.29, 1.82) is 0 Å². The summed E-state index contributed by atoms with van der Waals surface area (Å²) in [6, 6.07) is 7.40. The molecule has 6 nitrogen and oxygen atoms in total. The monoisotopic (exact) mass is 436 g/mol. The summed E-state index contributed by atoms with van der Waals surface area (Å²) in [6.45, 7) is 2.55. The van der Waals surface area contributed by atoms with Crippen LogP contribution in [0.15, 0.2) is 24.3 Å². The third-order valence-corrected chi connectivity index (χ3v) is 8.63. The molecule has 2 atom stereocenters. The quantitative estimate of drug-likeness (QED) is 0.504. The Morgan fingerprint density at radius 1 is 1.03 bits per heavy atom. The Balaban J connectivity index is 1.17. The fourth-order valence-electron chi connectivity index (χ4n) is 3.89. The average molecular weight is 437 g/mol. The van der Waals surface area contributed by atoms with Crippen LogP contribution in [-0.4, -0.2) is 71.5 Å². The molecule has 0 radical (unpaired) electrons. The molecule has 0 bridgehead atoms. The molecule has 3 heterocycles. The normalized spacial score (nSPS) is 23.9. The van der Waals surface area contributed by atoms with Gasteiger partial charge in [-0.1, -0.05) is 40.1 Å². The zero-order valence-corrected chi connectivity index (χ0v) is 18.2. The van der Waals surface area contributed by atoms with E-state index in [9.17, 15) is 9.59 Å². The number of carbonyl (C=O) groups is 2. The van der Waals surface area contributed by atoms with Crippen LogP contribution in [0.4, 0.5) is 0 Å². The van der Waals surface area contributed by atoms with Crippen LogP contribution in [0.3, 0.4) is 0 Å². The number of carbonyl (C=O) groups excluding carboxylic acids is 2. The lowest BCUT2D eigenvalue weighted by Gasteiger charge is -2.37. The minimum Gasteiger partial charge on any atom is -0.485 e. The van der Waals surface area contributed by atoms with E-state index in [4.69, 9.17) is 9.47 Å². The second-order valence-electron chi connectivity index (χ2n) is 7.64. The van der Waals surface area contributed by atoms with E-state index in [0.717, 1.165) is 18.1 Å². The van der Waals surface area contributed by atoms with Gasteiger partial charge in [0.25, 0.3) is 5.91 Å². The number of ether oxygens (including phenoxy) is 2. The van der Waals surface area contributed by atoms with Crippen LogP contribution in [0.5, 0.6) is 11.5 Å². The molecule has 158 valence electrons. The van der Waals surface area contributed by atoms with Gasteiger partial charge in [0, 0.05) is 43.6 Å². The summed E-state index contributed by atoms with van der Waals surface area (Å²) in [6.07, 6.45) is 4.63. The van der Waals surface area contributed by atoms with E-state index in [1.54, 1.807) is 4.90 Å². The van der Waals surface area contributed by atoms with Gasteiger partial charge in [-0.05, 0) is 31.4 Å². The number of hydrogen-bond acceptors (Lipinski definition) is 6. The van der Waals surface area contributed by atoms with Crippen molar-refractivity contribution in [2.75, 3.05) is 38.5 Å². The molecule has 2 fully saturated rings. The maximum Gasteiger partial charge on any atom is 0.267 e. The lowest BCUT2D eigenvalue weighted by atomic mass is 10.1. The Bertz CT molecular complexity index is 718. The third-order valence-electron chi connectivity index (χ3n) is 5.62. The molecule has 3 aliphatic rings. The second kappa shape index (κ2) is 9.98. The Morgan fingerprint density at radius 3 is 2.55 bits per heavy atom. The predicted octanol–water partition coefficient (Wildman–Crippen LogP) is 3.21. The highest BCUT2D eigenvalue weighted by Gasteiger charge is 2.33. The largest absolute Gasteiger partial charge is 0.485 e. The van der Waals surface area contributed by atoms with Crippen LogP contribution < -0.4 is 9.47 Å². The number of benzene rings is 1. The molecular formula is C21H28N2O4S2. The number of rotatable bonds is 6. The van der Waals surface area contributed by atoms with Crippen molar-refractivity contribution in [2.24, 2.45) is 0 Å². The van der Waals surface area contributed by atoms with Crippen LogP contribution in [0, 0.1) is 0 Å². The van der Waals surface area contributed by atoms with Crippen molar-refractivity contribution in [3.05, 3.63) is 24.3 Å². The first kappa shape index (κ1) is 20.7. The second-order valence-corrected chi connectivity index (χ2v) is 10.4. The standard InChI is InChI=1S/C21H28N2O4S2/c24-20(8-4-1-5-16-9-14-28-29-16)22-10-12-23(13-11-22)21(25)19-15-26-17-6-2-3-7-18(17)27-19/h2-3,6-7,16,19H,1,4-5,8-15H2/t16-,19+/m0/s1. The molecule has 0 unspecified atom stereocenters. The van der Waals surface area contributed by atoms with Crippen molar-refractivity contribution in [2.45, 2.75) is 43.5 Å². The van der Waals surface area contributed by atoms with Crippen LogP contribution in [0.1, 0.15) is 32.1 Å². The topological polar surface area (TPSA) is 59.1 Å². The Morgan fingerprint density at radius 2 is 1.79 bits per heavy atom. The van der Waals surface area contributed by atoms with Gasteiger partial charge in [0.15, 0.2) is 11.5 Å². The summed E-state index contributed by atoms with van der Waals surface area (Å²) >= 11 is 0. The molecule has 1 aromatic carbocycles. The first-order valence-electron chi connectivity index (χ1n) is 10.4. The van der Waals surface area contributed by atoms with E-state index >= 15 is 0 Å². The number of unbranched alkanes of at least 4 members (excludes halogenated alkanes) is 1. The highest BCUT2D eigenvalue weighted by molar-refractivity contribution is 8.77. The third kappa shape index (κ3) is 5.34. The molecule has 0 spiro atoms. The van der Waals surface area contributed by atoms with E-state index in [1.807, 2.05) is 50.8 Å². The van der Waals surface area contributed by atoms with Gasteiger partial charge < -0.3 is 19.3 Å². The van der Waals surface area contributed by atoms with Crippen molar-refractivity contribution in [3.63, 3.8) is 0 Å². The molecule has 4 rings (SSSR count). The number of para-hydroxylation sites is 2. The Labute approximate surface area is 180 Å².